The summed E-state index contributed by atoms with van der Waals surface area (Å²) in [4.78, 5) is 33.3. The molecule has 7 heteroatoms. The van der Waals surface area contributed by atoms with Crippen LogP contribution in [0.3, 0.4) is 0 Å². The lowest BCUT2D eigenvalue weighted by Crippen LogP contribution is -2.44. The molecule has 0 aliphatic heterocycles. The van der Waals surface area contributed by atoms with Crippen LogP contribution in [0.4, 0.5) is 5.69 Å². The van der Waals surface area contributed by atoms with Crippen molar-refractivity contribution in [3.63, 3.8) is 0 Å². The number of hydrogen-bond donors (Lipinski definition) is 1. The number of nitrogens with zero attached hydrogens (tertiary/aromatic N) is 2. The molecule has 0 atom stereocenters. The van der Waals surface area contributed by atoms with Crippen molar-refractivity contribution in [2.45, 2.75) is 6.92 Å². The standard InChI is InChI=1S/C15H13N3O4/c1-10-4-2-3-5-13(10)11-6-8-12(9-7-11)17(18(21)22)15(20)14(16)19/h2-9H,1H3,(H2,16,19). The Bertz CT molecular complexity index is 741. The van der Waals surface area contributed by atoms with E-state index in [9.17, 15) is 19.7 Å². The highest BCUT2D eigenvalue weighted by atomic mass is 16.7. The number of nitrogens with two attached hydrogens (primary N) is 1. The molecule has 112 valence electrons. The van der Waals surface area contributed by atoms with E-state index in [4.69, 9.17) is 5.73 Å². The predicted molar refractivity (Wildman–Crippen MR) is 80.3 cm³/mol. The first kappa shape index (κ1) is 15.2. The third-order valence-corrected chi connectivity index (χ3v) is 3.13. The number of benzene rings is 2. The van der Waals surface area contributed by atoms with Crippen LogP contribution in [0.1, 0.15) is 5.56 Å². The number of primary amides is 1. The summed E-state index contributed by atoms with van der Waals surface area (Å²) in [6.45, 7) is 1.95. The van der Waals surface area contributed by atoms with Gasteiger partial charge < -0.3 is 5.73 Å². The smallest absolute Gasteiger partial charge is 0.361 e. The lowest BCUT2D eigenvalue weighted by Gasteiger charge is -2.11. The molecule has 0 aliphatic rings. The van der Waals surface area contributed by atoms with E-state index >= 15 is 0 Å². The van der Waals surface area contributed by atoms with E-state index in [-0.39, 0.29) is 10.7 Å². The SMILES string of the molecule is Cc1ccccc1-c1ccc(N(C(=O)C(N)=O)[N+](=O)[O-])cc1. The summed E-state index contributed by atoms with van der Waals surface area (Å²) in [5, 5.41) is 10.1. The second-order valence-electron chi connectivity index (χ2n) is 4.58. The average molecular weight is 299 g/mol. The van der Waals surface area contributed by atoms with Gasteiger partial charge in [0.1, 0.15) is 5.69 Å². The van der Waals surface area contributed by atoms with Crippen molar-refractivity contribution in [3.8, 4) is 11.1 Å². The quantitative estimate of drug-likeness (QED) is 0.528. The lowest BCUT2D eigenvalue weighted by atomic mass is 10.0. The van der Waals surface area contributed by atoms with Crippen molar-refractivity contribution < 1.29 is 14.6 Å². The lowest BCUT2D eigenvalue weighted by molar-refractivity contribution is -0.483. The van der Waals surface area contributed by atoms with E-state index in [2.05, 4.69) is 0 Å². The van der Waals surface area contributed by atoms with Gasteiger partial charge in [-0.05, 0) is 40.8 Å². The number of carbonyl (C=O) groups excluding carboxylic acids is 2. The Morgan fingerprint density at radius 3 is 2.18 bits per heavy atom. The fourth-order valence-electron chi connectivity index (χ4n) is 2.07. The van der Waals surface area contributed by atoms with Gasteiger partial charge in [-0.25, -0.2) is 10.1 Å². The summed E-state index contributed by atoms with van der Waals surface area (Å²) in [6, 6.07) is 13.7. The zero-order valence-electron chi connectivity index (χ0n) is 11.7. The molecule has 7 nitrogen and oxygen atoms in total. The third-order valence-electron chi connectivity index (χ3n) is 3.13. The third kappa shape index (κ3) is 2.93. The fourth-order valence-corrected chi connectivity index (χ4v) is 2.07. The minimum absolute atomic E-state index is 0.0360. The maximum absolute atomic E-state index is 11.5. The number of hydrogen-bond acceptors (Lipinski definition) is 4. The average Bonchev–Trinajstić information content (AvgIpc) is 2.48. The van der Waals surface area contributed by atoms with Crippen LogP contribution in [-0.4, -0.2) is 16.8 Å². The zero-order chi connectivity index (χ0) is 16.3. The van der Waals surface area contributed by atoms with Crippen LogP contribution >= 0.6 is 0 Å². The van der Waals surface area contributed by atoms with Crippen molar-refractivity contribution in [2.24, 2.45) is 5.73 Å². The van der Waals surface area contributed by atoms with Crippen LogP contribution in [0.2, 0.25) is 0 Å². The van der Waals surface area contributed by atoms with Crippen LogP contribution in [0.25, 0.3) is 11.1 Å². The highest BCUT2D eigenvalue weighted by molar-refractivity contribution is 6.39. The molecule has 2 N–H and O–H groups in total. The predicted octanol–water partition coefficient (Wildman–Crippen LogP) is 1.67. The topological polar surface area (TPSA) is 107 Å². The maximum atomic E-state index is 11.5. The molecule has 0 bridgehead atoms. The summed E-state index contributed by atoms with van der Waals surface area (Å²) >= 11 is 0. The second-order valence-corrected chi connectivity index (χ2v) is 4.58. The van der Waals surface area contributed by atoms with Crippen LogP contribution in [0.5, 0.6) is 0 Å². The van der Waals surface area contributed by atoms with Gasteiger partial charge in [0.2, 0.25) is 0 Å². The molecule has 0 saturated carbocycles. The molecule has 2 rings (SSSR count). The van der Waals surface area contributed by atoms with Gasteiger partial charge in [0.15, 0.2) is 5.03 Å². The Morgan fingerprint density at radius 1 is 1.09 bits per heavy atom. The number of aryl methyl sites for hydroxylation is 1. The monoisotopic (exact) mass is 299 g/mol. The number of rotatable bonds is 3. The van der Waals surface area contributed by atoms with Crippen LogP contribution in [0.15, 0.2) is 48.5 Å². The van der Waals surface area contributed by atoms with Gasteiger partial charge >= 0.3 is 11.8 Å². The Morgan fingerprint density at radius 2 is 1.68 bits per heavy atom. The molecule has 22 heavy (non-hydrogen) atoms. The maximum Gasteiger partial charge on any atom is 0.376 e. The first-order valence-electron chi connectivity index (χ1n) is 6.36. The van der Waals surface area contributed by atoms with Gasteiger partial charge in [-0.15, -0.1) is 0 Å². The van der Waals surface area contributed by atoms with Gasteiger partial charge in [-0.3, -0.25) is 9.59 Å². The summed E-state index contributed by atoms with van der Waals surface area (Å²) in [6.07, 6.45) is 0. The van der Waals surface area contributed by atoms with Crippen molar-refractivity contribution in [1.82, 2.24) is 0 Å². The van der Waals surface area contributed by atoms with Crippen LogP contribution in [-0.2, 0) is 9.59 Å². The van der Waals surface area contributed by atoms with Gasteiger partial charge in [-0.2, -0.15) is 0 Å². The van der Waals surface area contributed by atoms with E-state index in [1.807, 2.05) is 31.2 Å². The number of hydrazine groups is 1. The Kier molecular flexibility index (Phi) is 4.17. The Labute approximate surface area is 126 Å². The first-order valence-corrected chi connectivity index (χ1v) is 6.36. The van der Waals surface area contributed by atoms with Gasteiger partial charge in [-0.1, -0.05) is 36.4 Å². The second kappa shape index (κ2) is 6.04. The molecule has 0 saturated heterocycles. The van der Waals surface area contributed by atoms with E-state index in [0.29, 0.717) is 0 Å². The number of carbonyl (C=O) groups is 2. The summed E-state index contributed by atoms with van der Waals surface area (Å²) in [7, 11) is 0. The summed E-state index contributed by atoms with van der Waals surface area (Å²) in [5.41, 5.74) is 7.65. The highest BCUT2D eigenvalue weighted by Crippen LogP contribution is 2.25. The van der Waals surface area contributed by atoms with E-state index < -0.39 is 16.8 Å². The van der Waals surface area contributed by atoms with Crippen LogP contribution in [0, 0.1) is 17.0 Å². The Hall–Kier alpha value is -3.22. The molecule has 2 aromatic carbocycles. The zero-order valence-corrected chi connectivity index (χ0v) is 11.7. The fraction of sp³-hybridized carbons (Fsp3) is 0.0667. The van der Waals surface area contributed by atoms with Crippen LogP contribution < -0.4 is 10.7 Å². The van der Waals surface area contributed by atoms with Gasteiger partial charge in [0.25, 0.3) is 0 Å². The van der Waals surface area contributed by atoms with E-state index in [1.54, 1.807) is 12.1 Å². The first-order chi connectivity index (χ1) is 10.4. The number of amides is 2. The molecule has 2 aromatic rings. The number of nitro groups is 1. The molecule has 0 heterocycles. The molecular weight excluding hydrogens is 286 g/mol. The molecule has 2 amide bonds. The van der Waals surface area contributed by atoms with Crippen molar-refractivity contribution in [2.75, 3.05) is 5.01 Å². The van der Waals surface area contributed by atoms with E-state index in [1.165, 1.54) is 12.1 Å². The molecule has 0 spiro atoms. The summed E-state index contributed by atoms with van der Waals surface area (Å²) < 4.78 is 0. The van der Waals surface area contributed by atoms with Crippen molar-refractivity contribution in [3.05, 3.63) is 64.2 Å². The molecule has 0 aromatic heterocycles. The molecule has 0 fully saturated rings. The van der Waals surface area contributed by atoms with Gasteiger partial charge in [0.05, 0.1) is 0 Å². The summed E-state index contributed by atoms with van der Waals surface area (Å²) in [5.74, 6) is -2.78. The molecule has 0 aliphatic carbocycles. The molecule has 0 unspecified atom stereocenters. The molecule has 0 radical (unpaired) electrons. The normalized spacial score (nSPS) is 10.0. The minimum Gasteiger partial charge on any atom is -0.361 e. The highest BCUT2D eigenvalue weighted by Gasteiger charge is 2.30. The van der Waals surface area contributed by atoms with Gasteiger partial charge in [0, 0.05) is 0 Å². The Balaban J connectivity index is 2.39. The number of anilines is 1. The molecular formula is C15H13N3O4. The largest absolute Gasteiger partial charge is 0.376 e. The van der Waals surface area contributed by atoms with Crippen molar-refractivity contribution >= 4 is 17.5 Å². The minimum atomic E-state index is -1.39. The van der Waals surface area contributed by atoms with Crippen molar-refractivity contribution in [1.29, 1.82) is 0 Å². The van der Waals surface area contributed by atoms with E-state index in [0.717, 1.165) is 16.7 Å².